The van der Waals surface area contributed by atoms with E-state index < -0.39 is 40.1 Å². The number of fused-ring (bicyclic) bond motifs is 1. The number of pyridine rings is 1. The van der Waals surface area contributed by atoms with Gasteiger partial charge in [0, 0.05) is 38.1 Å². The van der Waals surface area contributed by atoms with E-state index in [4.69, 9.17) is 4.74 Å². The van der Waals surface area contributed by atoms with E-state index in [0.29, 0.717) is 26.1 Å². The van der Waals surface area contributed by atoms with Gasteiger partial charge in [0.25, 0.3) is 11.8 Å². The highest BCUT2D eigenvalue weighted by molar-refractivity contribution is 7.89. The van der Waals surface area contributed by atoms with E-state index in [1.54, 1.807) is 50.2 Å². The Bertz CT molecular complexity index is 1510. The molecular formula is C28H34N6O6S. The molecule has 0 saturated carbocycles. The van der Waals surface area contributed by atoms with Crippen LogP contribution in [0, 0.1) is 6.92 Å². The minimum atomic E-state index is -4.11. The molecule has 0 fully saturated rings. The molecule has 2 amide bonds. The summed E-state index contributed by atoms with van der Waals surface area (Å²) in [5, 5.41) is 6.82. The minimum Gasteiger partial charge on any atom is -0.459 e. The number of aromatic nitrogens is 3. The standard InChI is InChI=1S/C28H34N6O6S/c1-19-5-7-21(8-6-19)41(38,39)32-23(27(37)40-28(2,3)4)18-30-25(35)22-17-24-26(36)33(15-16-34(24)31-22)14-11-20-9-12-29-13-10-20/h5-10,12-13,17,23,32H,11,14-16,18H2,1-4H3,(H,30,35)/t23-/m0/s1. The molecule has 2 aromatic heterocycles. The highest BCUT2D eigenvalue weighted by atomic mass is 32.2. The Kier molecular flexibility index (Phi) is 8.88. The zero-order chi connectivity index (χ0) is 29.8. The van der Waals surface area contributed by atoms with Gasteiger partial charge >= 0.3 is 5.97 Å². The molecule has 1 aliphatic rings. The number of esters is 1. The summed E-state index contributed by atoms with van der Waals surface area (Å²) in [5.74, 6) is -1.75. The second-order valence-electron chi connectivity index (χ2n) is 10.8. The van der Waals surface area contributed by atoms with Gasteiger partial charge in [-0.25, -0.2) is 8.42 Å². The van der Waals surface area contributed by atoms with Crippen LogP contribution in [0.4, 0.5) is 0 Å². The number of ether oxygens (including phenoxy) is 1. The number of carbonyl (C=O) groups excluding carboxylic acids is 3. The Morgan fingerprint density at radius 3 is 2.41 bits per heavy atom. The lowest BCUT2D eigenvalue weighted by Gasteiger charge is -2.27. The lowest BCUT2D eigenvalue weighted by Crippen LogP contribution is -2.50. The lowest BCUT2D eigenvalue weighted by molar-refractivity contribution is -0.156. The van der Waals surface area contributed by atoms with Crippen molar-refractivity contribution in [2.75, 3.05) is 19.6 Å². The molecule has 1 aromatic carbocycles. The van der Waals surface area contributed by atoms with Crippen LogP contribution in [-0.2, 0) is 32.5 Å². The number of aryl methyl sites for hydroxylation is 1. The molecular weight excluding hydrogens is 548 g/mol. The van der Waals surface area contributed by atoms with Gasteiger partial charge in [-0.2, -0.15) is 9.82 Å². The predicted molar refractivity (Wildman–Crippen MR) is 150 cm³/mol. The Labute approximate surface area is 239 Å². The smallest absolute Gasteiger partial charge is 0.326 e. The molecule has 41 heavy (non-hydrogen) atoms. The van der Waals surface area contributed by atoms with Crippen molar-refractivity contribution in [2.24, 2.45) is 0 Å². The van der Waals surface area contributed by atoms with Crippen molar-refractivity contribution in [3.8, 4) is 0 Å². The molecule has 0 saturated heterocycles. The topological polar surface area (TPSA) is 153 Å². The molecule has 0 aliphatic carbocycles. The van der Waals surface area contributed by atoms with Crippen LogP contribution in [0.1, 0.15) is 52.9 Å². The van der Waals surface area contributed by atoms with Crippen molar-refractivity contribution in [3.05, 3.63) is 77.4 Å². The third kappa shape index (κ3) is 7.76. The molecule has 4 rings (SSSR count). The first kappa shape index (κ1) is 29.9. The second kappa shape index (κ2) is 12.2. The lowest BCUT2D eigenvalue weighted by atomic mass is 10.1. The number of sulfonamides is 1. The fourth-order valence-electron chi connectivity index (χ4n) is 4.18. The molecule has 0 unspecified atom stereocenters. The van der Waals surface area contributed by atoms with Gasteiger partial charge in [-0.15, -0.1) is 0 Å². The van der Waals surface area contributed by atoms with Gasteiger partial charge in [0.05, 0.1) is 11.4 Å². The summed E-state index contributed by atoms with van der Waals surface area (Å²) in [5.41, 5.74) is 1.30. The fraction of sp³-hybridized carbons (Fsp3) is 0.393. The average molecular weight is 583 g/mol. The number of carbonyl (C=O) groups is 3. The molecule has 2 N–H and O–H groups in total. The predicted octanol–water partition coefficient (Wildman–Crippen LogP) is 1.70. The van der Waals surface area contributed by atoms with Crippen LogP contribution in [0.15, 0.2) is 59.8 Å². The fourth-order valence-corrected chi connectivity index (χ4v) is 5.36. The van der Waals surface area contributed by atoms with Crippen LogP contribution < -0.4 is 10.0 Å². The Hall–Kier alpha value is -4.10. The number of benzene rings is 1. The van der Waals surface area contributed by atoms with E-state index in [1.807, 2.05) is 19.1 Å². The van der Waals surface area contributed by atoms with Crippen molar-refractivity contribution in [1.29, 1.82) is 0 Å². The quantitative estimate of drug-likeness (QED) is 0.343. The van der Waals surface area contributed by atoms with E-state index >= 15 is 0 Å². The first-order chi connectivity index (χ1) is 19.3. The van der Waals surface area contributed by atoms with Crippen molar-refractivity contribution >= 4 is 27.8 Å². The van der Waals surface area contributed by atoms with Gasteiger partial charge in [-0.1, -0.05) is 17.7 Å². The first-order valence-electron chi connectivity index (χ1n) is 13.2. The van der Waals surface area contributed by atoms with Crippen LogP contribution in [0.2, 0.25) is 0 Å². The number of rotatable bonds is 10. The maximum atomic E-state index is 13.1. The molecule has 1 atom stereocenters. The van der Waals surface area contributed by atoms with Crippen LogP contribution in [0.5, 0.6) is 0 Å². The largest absolute Gasteiger partial charge is 0.459 e. The zero-order valence-corrected chi connectivity index (χ0v) is 24.3. The molecule has 0 radical (unpaired) electrons. The molecule has 3 heterocycles. The van der Waals surface area contributed by atoms with Crippen molar-refractivity contribution in [3.63, 3.8) is 0 Å². The van der Waals surface area contributed by atoms with Crippen LogP contribution in [0.25, 0.3) is 0 Å². The number of nitrogens with one attached hydrogen (secondary N) is 2. The Morgan fingerprint density at radius 2 is 1.76 bits per heavy atom. The maximum Gasteiger partial charge on any atom is 0.326 e. The summed E-state index contributed by atoms with van der Waals surface area (Å²) < 4.78 is 35.2. The summed E-state index contributed by atoms with van der Waals surface area (Å²) in [6.45, 7) is 7.76. The third-order valence-electron chi connectivity index (χ3n) is 6.31. The van der Waals surface area contributed by atoms with Crippen molar-refractivity contribution in [2.45, 2.75) is 57.2 Å². The number of amides is 2. The molecule has 1 aliphatic heterocycles. The normalized spacial score (nSPS) is 14.3. The van der Waals surface area contributed by atoms with Gasteiger partial charge in [0.1, 0.15) is 17.3 Å². The molecule has 0 bridgehead atoms. The van der Waals surface area contributed by atoms with Crippen LogP contribution in [0.3, 0.4) is 0 Å². The molecule has 3 aromatic rings. The number of hydrogen-bond donors (Lipinski definition) is 2. The van der Waals surface area contributed by atoms with Crippen molar-refractivity contribution in [1.82, 2.24) is 29.7 Å². The van der Waals surface area contributed by atoms with Gasteiger partial charge < -0.3 is 15.0 Å². The highest BCUT2D eigenvalue weighted by Crippen LogP contribution is 2.16. The second-order valence-corrected chi connectivity index (χ2v) is 12.5. The summed E-state index contributed by atoms with van der Waals surface area (Å²) in [6, 6.07) is 9.91. The molecule has 12 nitrogen and oxygen atoms in total. The van der Waals surface area contributed by atoms with E-state index in [1.165, 1.54) is 22.9 Å². The van der Waals surface area contributed by atoms with Crippen LogP contribution in [-0.4, -0.2) is 77.1 Å². The zero-order valence-electron chi connectivity index (χ0n) is 23.5. The number of nitrogens with zero attached hydrogens (tertiary/aromatic N) is 4. The van der Waals surface area contributed by atoms with Gasteiger partial charge in [-0.3, -0.25) is 24.0 Å². The summed E-state index contributed by atoms with van der Waals surface area (Å²) in [6.07, 6.45) is 4.07. The van der Waals surface area contributed by atoms with E-state index in [0.717, 1.165) is 11.1 Å². The summed E-state index contributed by atoms with van der Waals surface area (Å²) in [7, 11) is -4.11. The van der Waals surface area contributed by atoms with E-state index in [9.17, 15) is 22.8 Å². The molecule has 0 spiro atoms. The first-order valence-corrected chi connectivity index (χ1v) is 14.7. The summed E-state index contributed by atoms with van der Waals surface area (Å²) >= 11 is 0. The maximum absolute atomic E-state index is 13.1. The van der Waals surface area contributed by atoms with Crippen LogP contribution >= 0.6 is 0 Å². The third-order valence-corrected chi connectivity index (χ3v) is 7.79. The molecule has 13 heteroatoms. The SMILES string of the molecule is Cc1ccc(S(=O)(=O)N[C@@H](CNC(=O)c2cc3n(n2)CCN(CCc2ccncc2)C3=O)C(=O)OC(C)(C)C)cc1. The van der Waals surface area contributed by atoms with Crippen molar-refractivity contribution < 1.29 is 27.5 Å². The minimum absolute atomic E-state index is 0.0198. The van der Waals surface area contributed by atoms with E-state index in [2.05, 4.69) is 20.1 Å². The Morgan fingerprint density at radius 1 is 1.07 bits per heavy atom. The number of hydrogen-bond acceptors (Lipinski definition) is 8. The highest BCUT2D eigenvalue weighted by Gasteiger charge is 2.32. The van der Waals surface area contributed by atoms with E-state index in [-0.39, 0.29) is 22.2 Å². The average Bonchev–Trinajstić information content (AvgIpc) is 3.36. The molecule has 218 valence electrons. The monoisotopic (exact) mass is 582 g/mol. The summed E-state index contributed by atoms with van der Waals surface area (Å²) in [4.78, 5) is 44.6. The van der Waals surface area contributed by atoms with Gasteiger partial charge in [-0.05, 0) is 63.9 Å². The Balaban J connectivity index is 1.44. The van der Waals surface area contributed by atoms with Gasteiger partial charge in [0.15, 0.2) is 5.69 Å². The van der Waals surface area contributed by atoms with Gasteiger partial charge in [0.2, 0.25) is 10.0 Å².